The van der Waals surface area contributed by atoms with Gasteiger partial charge in [0.05, 0.1) is 7.11 Å². The van der Waals surface area contributed by atoms with E-state index in [0.717, 1.165) is 31.8 Å². The molecule has 2 N–H and O–H groups in total. The molecule has 2 rings (SSSR count). The van der Waals surface area contributed by atoms with Gasteiger partial charge in [-0.2, -0.15) is 0 Å². The third kappa shape index (κ3) is 5.37. The zero-order valence-electron chi connectivity index (χ0n) is 13.9. The van der Waals surface area contributed by atoms with Crippen LogP contribution in [0, 0.1) is 0 Å². The van der Waals surface area contributed by atoms with Gasteiger partial charge in [0.2, 0.25) is 5.91 Å². The number of halogens is 1. The lowest BCUT2D eigenvalue weighted by molar-refractivity contribution is -0.121. The summed E-state index contributed by atoms with van der Waals surface area (Å²) in [7, 11) is 3.52. The van der Waals surface area contributed by atoms with Crippen LogP contribution in [0.3, 0.4) is 0 Å². The second-order valence-electron chi connectivity index (χ2n) is 5.75. The Morgan fingerprint density at radius 1 is 1.26 bits per heavy atom. The van der Waals surface area contributed by atoms with Crippen LogP contribution in [0.1, 0.15) is 24.8 Å². The molecule has 1 aliphatic rings. The second kappa shape index (κ2) is 9.75. The molecule has 23 heavy (non-hydrogen) atoms. The van der Waals surface area contributed by atoms with E-state index >= 15 is 0 Å². The molecule has 0 saturated carbocycles. The average molecular weight is 343 g/mol. The van der Waals surface area contributed by atoms with Crippen LogP contribution in [0.25, 0.3) is 0 Å². The Morgan fingerprint density at radius 2 is 1.91 bits per heavy atom. The molecule has 1 fully saturated rings. The fourth-order valence-electron chi connectivity index (χ4n) is 2.87. The monoisotopic (exact) mass is 342 g/mol. The Labute approximate surface area is 144 Å². The number of hydrogen-bond acceptors (Lipinski definition) is 4. The minimum absolute atomic E-state index is 0. The molecule has 1 saturated heterocycles. The predicted octanol–water partition coefficient (Wildman–Crippen LogP) is 1.89. The number of benzene rings is 1. The van der Waals surface area contributed by atoms with Gasteiger partial charge in [-0.25, -0.2) is 0 Å². The van der Waals surface area contributed by atoms with E-state index in [2.05, 4.69) is 22.8 Å². The molecule has 0 spiro atoms. The summed E-state index contributed by atoms with van der Waals surface area (Å²) in [5.41, 5.74) is 1.20. The number of carbonyl (C=O) groups excluding carboxylic acids is 1. The van der Waals surface area contributed by atoms with Crippen molar-refractivity contribution in [1.82, 2.24) is 10.6 Å². The summed E-state index contributed by atoms with van der Waals surface area (Å²) >= 11 is 0. The van der Waals surface area contributed by atoms with Gasteiger partial charge in [-0.1, -0.05) is 12.1 Å². The summed E-state index contributed by atoms with van der Waals surface area (Å²) in [6.45, 7) is 2.83. The smallest absolute Gasteiger partial charge is 0.221 e. The largest absolute Gasteiger partial charge is 0.497 e. The highest BCUT2D eigenvalue weighted by molar-refractivity contribution is 5.85. The van der Waals surface area contributed by atoms with Crippen molar-refractivity contribution in [3.63, 3.8) is 0 Å². The van der Waals surface area contributed by atoms with Gasteiger partial charge in [-0.15, -0.1) is 12.4 Å². The average Bonchev–Trinajstić information content (AvgIpc) is 2.59. The van der Waals surface area contributed by atoms with Crippen molar-refractivity contribution < 1.29 is 14.3 Å². The summed E-state index contributed by atoms with van der Waals surface area (Å²) < 4.78 is 10.7. The number of nitrogens with one attached hydrogen (secondary N) is 2. The highest BCUT2D eigenvalue weighted by Gasteiger charge is 2.34. The molecule has 0 bridgehead atoms. The standard InChI is InChI=1S/C17H26N2O3.ClH/c1-18-10-7-16(20)19-13-17(8-11-22-12-9-17)14-3-5-15(21-2)6-4-14;/h3-6,18H,7-13H2,1-2H3,(H,19,20);1H. The second-order valence-corrected chi connectivity index (χ2v) is 5.75. The van der Waals surface area contributed by atoms with Crippen LogP contribution in [0.15, 0.2) is 24.3 Å². The van der Waals surface area contributed by atoms with E-state index in [1.165, 1.54) is 5.56 Å². The van der Waals surface area contributed by atoms with E-state index in [9.17, 15) is 4.79 Å². The lowest BCUT2D eigenvalue weighted by Gasteiger charge is -2.38. The SMILES string of the molecule is CNCCC(=O)NCC1(c2ccc(OC)cc2)CCOCC1.Cl. The zero-order valence-corrected chi connectivity index (χ0v) is 14.7. The maximum absolute atomic E-state index is 11.9. The Kier molecular flexibility index (Phi) is 8.37. The number of carbonyl (C=O) groups is 1. The summed E-state index contributed by atoms with van der Waals surface area (Å²) in [4.78, 5) is 11.9. The van der Waals surface area contributed by atoms with E-state index in [-0.39, 0.29) is 23.7 Å². The highest BCUT2D eigenvalue weighted by atomic mass is 35.5. The van der Waals surface area contributed by atoms with Gasteiger partial charge in [0, 0.05) is 38.1 Å². The minimum atomic E-state index is -0.0418. The maximum atomic E-state index is 11.9. The molecule has 0 unspecified atom stereocenters. The summed E-state index contributed by atoms with van der Waals surface area (Å²) in [6, 6.07) is 8.17. The Morgan fingerprint density at radius 3 is 2.48 bits per heavy atom. The highest BCUT2D eigenvalue weighted by Crippen LogP contribution is 2.35. The van der Waals surface area contributed by atoms with Gasteiger partial charge in [0.1, 0.15) is 5.75 Å². The fraction of sp³-hybridized carbons (Fsp3) is 0.588. The molecule has 0 atom stereocenters. The lowest BCUT2D eigenvalue weighted by Crippen LogP contribution is -2.44. The predicted molar refractivity (Wildman–Crippen MR) is 93.5 cm³/mol. The van der Waals surface area contributed by atoms with Gasteiger partial charge in [-0.05, 0) is 37.6 Å². The van der Waals surface area contributed by atoms with Crippen LogP contribution in [-0.2, 0) is 14.9 Å². The Bertz CT molecular complexity index is 473. The van der Waals surface area contributed by atoms with Crippen LogP contribution in [0.5, 0.6) is 5.75 Å². The molecule has 5 nitrogen and oxygen atoms in total. The van der Waals surface area contributed by atoms with Crippen molar-refractivity contribution in [1.29, 1.82) is 0 Å². The van der Waals surface area contributed by atoms with Crippen molar-refractivity contribution in [2.45, 2.75) is 24.7 Å². The molecule has 0 aliphatic carbocycles. The zero-order chi connectivity index (χ0) is 15.8. The number of ether oxygens (including phenoxy) is 2. The first-order valence-corrected chi connectivity index (χ1v) is 7.84. The topological polar surface area (TPSA) is 59.6 Å². The van der Waals surface area contributed by atoms with Crippen molar-refractivity contribution in [3.05, 3.63) is 29.8 Å². The first-order chi connectivity index (χ1) is 10.7. The number of rotatable bonds is 7. The van der Waals surface area contributed by atoms with Crippen LogP contribution >= 0.6 is 12.4 Å². The normalized spacial score (nSPS) is 16.3. The summed E-state index contributed by atoms with van der Waals surface area (Å²) in [5.74, 6) is 0.942. The first kappa shape index (κ1) is 19.7. The fourth-order valence-corrected chi connectivity index (χ4v) is 2.87. The third-order valence-corrected chi connectivity index (χ3v) is 4.38. The van der Waals surface area contributed by atoms with Gasteiger partial charge >= 0.3 is 0 Å². The molecule has 1 amide bonds. The number of amides is 1. The molecule has 0 aromatic heterocycles. The van der Waals surface area contributed by atoms with E-state index in [1.807, 2.05) is 19.2 Å². The Hall–Kier alpha value is -1.30. The number of methoxy groups -OCH3 is 1. The van der Waals surface area contributed by atoms with Gasteiger partial charge < -0.3 is 20.1 Å². The van der Waals surface area contributed by atoms with Crippen LogP contribution in [-0.4, -0.2) is 46.4 Å². The first-order valence-electron chi connectivity index (χ1n) is 7.84. The molecule has 1 aromatic carbocycles. The quantitative estimate of drug-likeness (QED) is 0.794. The van der Waals surface area contributed by atoms with Crippen molar-refractivity contribution in [3.8, 4) is 5.75 Å². The molecule has 1 aromatic rings. The van der Waals surface area contributed by atoms with Crippen molar-refractivity contribution >= 4 is 18.3 Å². The van der Waals surface area contributed by atoms with E-state index in [1.54, 1.807) is 7.11 Å². The van der Waals surface area contributed by atoms with Gasteiger partial charge in [0.15, 0.2) is 0 Å². The molecule has 130 valence electrons. The van der Waals surface area contributed by atoms with Crippen molar-refractivity contribution in [2.75, 3.05) is 40.5 Å². The molecule has 0 radical (unpaired) electrons. The minimum Gasteiger partial charge on any atom is -0.497 e. The van der Waals surface area contributed by atoms with Crippen molar-refractivity contribution in [2.24, 2.45) is 0 Å². The molecular weight excluding hydrogens is 316 g/mol. The van der Waals surface area contributed by atoms with Crippen LogP contribution in [0.4, 0.5) is 0 Å². The Balaban J connectivity index is 0.00000264. The molecule has 6 heteroatoms. The van der Waals surface area contributed by atoms with Gasteiger partial charge in [-0.3, -0.25) is 4.79 Å². The molecular formula is C17H27ClN2O3. The summed E-state index contributed by atoms with van der Waals surface area (Å²) in [6.07, 6.45) is 2.35. The summed E-state index contributed by atoms with van der Waals surface area (Å²) in [5, 5.41) is 6.09. The third-order valence-electron chi connectivity index (χ3n) is 4.38. The van der Waals surface area contributed by atoms with E-state index in [0.29, 0.717) is 19.5 Å². The lowest BCUT2D eigenvalue weighted by atomic mass is 9.74. The molecule has 1 aliphatic heterocycles. The van der Waals surface area contributed by atoms with Crippen LogP contribution < -0.4 is 15.4 Å². The van der Waals surface area contributed by atoms with E-state index < -0.39 is 0 Å². The van der Waals surface area contributed by atoms with E-state index in [4.69, 9.17) is 9.47 Å². The number of hydrogen-bond donors (Lipinski definition) is 2. The molecule has 1 heterocycles. The van der Waals surface area contributed by atoms with Crippen LogP contribution in [0.2, 0.25) is 0 Å². The maximum Gasteiger partial charge on any atom is 0.221 e. The van der Waals surface area contributed by atoms with Gasteiger partial charge in [0.25, 0.3) is 0 Å².